The first kappa shape index (κ1) is 21.4. The second kappa shape index (κ2) is 9.45. The van der Waals surface area contributed by atoms with E-state index >= 15 is 0 Å². The van der Waals surface area contributed by atoms with Gasteiger partial charge in [0.1, 0.15) is 12.3 Å². The lowest BCUT2D eigenvalue weighted by molar-refractivity contribution is -0.304. The predicted octanol–water partition coefficient (Wildman–Crippen LogP) is 7.24. The van der Waals surface area contributed by atoms with Crippen molar-refractivity contribution < 1.29 is 22.3 Å². The van der Waals surface area contributed by atoms with E-state index in [1.807, 2.05) is 0 Å². The molecule has 0 spiro atoms. The van der Waals surface area contributed by atoms with Crippen LogP contribution in [-0.2, 0) is 4.74 Å². The van der Waals surface area contributed by atoms with Crippen molar-refractivity contribution in [3.05, 3.63) is 0 Å². The molecule has 3 rings (SSSR count). The molecule has 3 aliphatic carbocycles. The Morgan fingerprint density at radius 1 is 0.778 bits per heavy atom. The van der Waals surface area contributed by atoms with Gasteiger partial charge in [0, 0.05) is 19.3 Å². The second-order valence-corrected chi connectivity index (χ2v) is 9.38. The van der Waals surface area contributed by atoms with Crippen LogP contribution in [0.2, 0.25) is 0 Å². The lowest BCUT2D eigenvalue weighted by atomic mass is 9.68. The zero-order chi connectivity index (χ0) is 19.4. The van der Waals surface area contributed by atoms with Crippen molar-refractivity contribution in [2.45, 2.75) is 115 Å². The molecule has 3 fully saturated rings. The molecule has 0 aromatic rings. The third-order valence-electron chi connectivity index (χ3n) is 7.37. The van der Waals surface area contributed by atoms with Gasteiger partial charge in [-0.25, -0.2) is 8.78 Å². The molecule has 0 saturated heterocycles. The van der Waals surface area contributed by atoms with Crippen molar-refractivity contribution in [2.24, 2.45) is 23.7 Å². The Labute approximate surface area is 161 Å². The molecule has 0 aromatic heterocycles. The Hall–Kier alpha value is -0.320. The molecule has 158 valence electrons. The van der Waals surface area contributed by atoms with Crippen molar-refractivity contribution in [1.29, 1.82) is 0 Å². The first-order chi connectivity index (χ1) is 12.9. The molecule has 0 heterocycles. The molecular weight excluding hydrogens is 356 g/mol. The van der Waals surface area contributed by atoms with Crippen molar-refractivity contribution in [3.8, 4) is 0 Å². The van der Waals surface area contributed by atoms with Crippen molar-refractivity contribution in [2.75, 3.05) is 0 Å². The summed E-state index contributed by atoms with van der Waals surface area (Å²) in [5.41, 5.74) is 0. The number of hydrogen-bond acceptors (Lipinski definition) is 1. The molecule has 3 saturated carbocycles. The molecule has 0 bridgehead atoms. The van der Waals surface area contributed by atoms with Crippen LogP contribution in [0.4, 0.5) is 17.6 Å². The first-order valence-electron chi connectivity index (χ1n) is 11.2. The van der Waals surface area contributed by atoms with Gasteiger partial charge >= 0.3 is 6.11 Å². The molecular formula is C22H36F4O. The summed E-state index contributed by atoms with van der Waals surface area (Å²) in [6, 6.07) is 0. The van der Waals surface area contributed by atoms with Crippen LogP contribution >= 0.6 is 0 Å². The van der Waals surface area contributed by atoms with Gasteiger partial charge in [-0.15, -0.1) is 0 Å². The molecule has 3 aliphatic rings. The summed E-state index contributed by atoms with van der Waals surface area (Å²) in [7, 11) is 0. The summed E-state index contributed by atoms with van der Waals surface area (Å²) in [6.07, 6.45) is 2.93. The Morgan fingerprint density at radius 3 is 1.81 bits per heavy atom. The molecule has 1 nitrogen and oxygen atoms in total. The summed E-state index contributed by atoms with van der Waals surface area (Å²) in [4.78, 5) is 0. The first-order valence-corrected chi connectivity index (χ1v) is 11.2. The van der Waals surface area contributed by atoms with Crippen LogP contribution in [0.5, 0.6) is 0 Å². The van der Waals surface area contributed by atoms with Gasteiger partial charge in [-0.05, 0) is 56.3 Å². The van der Waals surface area contributed by atoms with Crippen LogP contribution < -0.4 is 0 Å². The van der Waals surface area contributed by atoms with Gasteiger partial charge in [0.15, 0.2) is 0 Å². The summed E-state index contributed by atoms with van der Waals surface area (Å²) in [5, 5.41) is 0. The van der Waals surface area contributed by atoms with E-state index in [4.69, 9.17) is 4.74 Å². The topological polar surface area (TPSA) is 9.23 Å². The predicted molar refractivity (Wildman–Crippen MR) is 99.3 cm³/mol. The van der Waals surface area contributed by atoms with Crippen LogP contribution in [0, 0.1) is 23.7 Å². The zero-order valence-electron chi connectivity index (χ0n) is 16.7. The fourth-order valence-electron chi connectivity index (χ4n) is 5.83. The molecule has 27 heavy (non-hydrogen) atoms. The molecule has 5 heteroatoms. The minimum atomic E-state index is -3.26. The minimum Gasteiger partial charge on any atom is -0.317 e. The van der Waals surface area contributed by atoms with E-state index in [2.05, 4.69) is 6.92 Å². The highest BCUT2D eigenvalue weighted by Gasteiger charge is 2.46. The maximum Gasteiger partial charge on any atom is 0.358 e. The van der Waals surface area contributed by atoms with E-state index in [1.54, 1.807) is 0 Å². The van der Waals surface area contributed by atoms with E-state index < -0.39 is 30.5 Å². The van der Waals surface area contributed by atoms with Crippen LogP contribution in [0.3, 0.4) is 0 Å². The SMILES string of the molecule is CCCC1CCC(C2CCC(C(F)(F)OC3CC(F)CC(F)C3)CC2)CC1. The fraction of sp³-hybridized carbons (Fsp3) is 1.00. The standard InChI is InChI=1S/C22H36F4O/c1-2-3-15-4-6-16(7-5-15)17-8-10-18(11-9-17)22(25,26)27-21-13-19(23)12-20(24)14-21/h15-21H,2-14H2,1H3. The summed E-state index contributed by atoms with van der Waals surface area (Å²) in [5.74, 6) is 1.34. The van der Waals surface area contributed by atoms with Gasteiger partial charge in [-0.3, -0.25) is 0 Å². The Balaban J connectivity index is 1.44. The van der Waals surface area contributed by atoms with Crippen molar-refractivity contribution >= 4 is 0 Å². The van der Waals surface area contributed by atoms with Crippen LogP contribution in [0.25, 0.3) is 0 Å². The smallest absolute Gasteiger partial charge is 0.317 e. The zero-order valence-corrected chi connectivity index (χ0v) is 16.7. The highest BCUT2D eigenvalue weighted by molar-refractivity contribution is 4.86. The lowest BCUT2D eigenvalue weighted by Crippen LogP contribution is -2.41. The molecule has 2 unspecified atom stereocenters. The largest absolute Gasteiger partial charge is 0.358 e. The Kier molecular flexibility index (Phi) is 7.49. The highest BCUT2D eigenvalue weighted by atomic mass is 19.3. The normalized spacial score (nSPS) is 41.4. The Bertz CT molecular complexity index is 432. The van der Waals surface area contributed by atoms with Crippen molar-refractivity contribution in [1.82, 2.24) is 0 Å². The molecule has 0 aliphatic heterocycles. The van der Waals surface area contributed by atoms with E-state index in [0.717, 1.165) is 18.8 Å². The van der Waals surface area contributed by atoms with Crippen LogP contribution in [0.1, 0.15) is 90.4 Å². The van der Waals surface area contributed by atoms with E-state index in [0.29, 0.717) is 24.7 Å². The fourth-order valence-corrected chi connectivity index (χ4v) is 5.83. The monoisotopic (exact) mass is 392 g/mol. The summed E-state index contributed by atoms with van der Waals surface area (Å²) in [6.45, 7) is 2.24. The van der Waals surface area contributed by atoms with Gasteiger partial charge in [-0.1, -0.05) is 32.6 Å². The van der Waals surface area contributed by atoms with Gasteiger partial charge < -0.3 is 4.74 Å². The highest BCUT2D eigenvalue weighted by Crippen LogP contribution is 2.46. The second-order valence-electron chi connectivity index (χ2n) is 9.38. The molecule has 0 radical (unpaired) electrons. The third kappa shape index (κ3) is 5.83. The number of halogens is 4. The maximum atomic E-state index is 14.6. The van der Waals surface area contributed by atoms with E-state index in [1.165, 1.54) is 38.5 Å². The van der Waals surface area contributed by atoms with Gasteiger partial charge in [0.2, 0.25) is 0 Å². The average molecular weight is 393 g/mol. The molecule has 0 amide bonds. The Morgan fingerprint density at radius 2 is 1.30 bits per heavy atom. The van der Waals surface area contributed by atoms with Crippen LogP contribution in [-0.4, -0.2) is 24.6 Å². The van der Waals surface area contributed by atoms with Gasteiger partial charge in [0.25, 0.3) is 0 Å². The molecule has 0 N–H and O–H groups in total. The van der Waals surface area contributed by atoms with E-state index in [9.17, 15) is 17.6 Å². The molecule has 2 atom stereocenters. The summed E-state index contributed by atoms with van der Waals surface area (Å²) < 4.78 is 61.1. The van der Waals surface area contributed by atoms with Gasteiger partial charge in [0.05, 0.1) is 12.0 Å². The van der Waals surface area contributed by atoms with Crippen LogP contribution in [0.15, 0.2) is 0 Å². The van der Waals surface area contributed by atoms with Gasteiger partial charge in [-0.2, -0.15) is 8.78 Å². The minimum absolute atomic E-state index is 0.105. The van der Waals surface area contributed by atoms with Crippen molar-refractivity contribution in [3.63, 3.8) is 0 Å². The molecule has 0 aromatic carbocycles. The summed E-state index contributed by atoms with van der Waals surface area (Å²) >= 11 is 0. The number of ether oxygens (including phenoxy) is 1. The lowest BCUT2D eigenvalue weighted by Gasteiger charge is -2.40. The average Bonchev–Trinajstić information content (AvgIpc) is 2.61. The third-order valence-corrected chi connectivity index (χ3v) is 7.37. The number of rotatable bonds is 6. The number of alkyl halides is 4. The quantitative estimate of drug-likeness (QED) is 0.433. The number of hydrogen-bond donors (Lipinski definition) is 0. The maximum absolute atomic E-state index is 14.6. The van der Waals surface area contributed by atoms with E-state index in [-0.39, 0.29) is 19.3 Å².